The highest BCUT2D eigenvalue weighted by Gasteiger charge is 2.31. The maximum atomic E-state index is 12.0. The number of amides is 1. The van der Waals surface area contributed by atoms with Crippen molar-refractivity contribution in [3.63, 3.8) is 0 Å². The Bertz CT molecular complexity index is 472. The Kier molecular flexibility index (Phi) is 3.50. The van der Waals surface area contributed by atoms with Crippen LogP contribution in [0.3, 0.4) is 0 Å². The first kappa shape index (κ1) is 12.4. The predicted molar refractivity (Wildman–Crippen MR) is 65.8 cm³/mol. The van der Waals surface area contributed by atoms with E-state index in [0.29, 0.717) is 18.6 Å². The van der Waals surface area contributed by atoms with Gasteiger partial charge in [-0.25, -0.2) is 0 Å². The summed E-state index contributed by atoms with van der Waals surface area (Å²) in [5.41, 5.74) is 0.747. The number of anilines is 1. The average Bonchev–Trinajstić information content (AvgIpc) is 2.35. The van der Waals surface area contributed by atoms with Crippen LogP contribution in [0.15, 0.2) is 24.3 Å². The Labute approximate surface area is 105 Å². The van der Waals surface area contributed by atoms with Crippen molar-refractivity contribution >= 4 is 17.6 Å². The van der Waals surface area contributed by atoms with E-state index in [2.05, 4.69) is 0 Å². The van der Waals surface area contributed by atoms with Gasteiger partial charge in [-0.3, -0.25) is 9.59 Å². The van der Waals surface area contributed by atoms with Crippen molar-refractivity contribution in [3.05, 3.63) is 24.3 Å². The van der Waals surface area contributed by atoms with Gasteiger partial charge in [0.05, 0.1) is 5.69 Å². The molecule has 96 valence electrons. The number of hydrogen-bond acceptors (Lipinski definition) is 3. The van der Waals surface area contributed by atoms with Crippen molar-refractivity contribution in [2.75, 3.05) is 11.9 Å². The number of carboxylic acid groups (broad SMARTS) is 1. The van der Waals surface area contributed by atoms with Crippen molar-refractivity contribution in [2.24, 2.45) is 0 Å². The molecule has 1 amide bonds. The van der Waals surface area contributed by atoms with E-state index in [1.807, 2.05) is 24.3 Å². The summed E-state index contributed by atoms with van der Waals surface area (Å²) in [5.74, 6) is -0.314. The highest BCUT2D eigenvalue weighted by molar-refractivity contribution is 5.99. The monoisotopic (exact) mass is 249 g/mol. The summed E-state index contributed by atoms with van der Waals surface area (Å²) in [6.07, 6.45) is 0.327. The Morgan fingerprint density at radius 2 is 2.17 bits per heavy atom. The summed E-state index contributed by atoms with van der Waals surface area (Å²) >= 11 is 0. The molecule has 0 aliphatic carbocycles. The van der Waals surface area contributed by atoms with Crippen molar-refractivity contribution in [2.45, 2.75) is 25.4 Å². The van der Waals surface area contributed by atoms with E-state index in [0.717, 1.165) is 5.69 Å². The van der Waals surface area contributed by atoms with E-state index in [-0.39, 0.29) is 12.3 Å². The van der Waals surface area contributed by atoms with Gasteiger partial charge in [0, 0.05) is 13.5 Å². The highest BCUT2D eigenvalue weighted by Crippen LogP contribution is 2.33. The standard InChI is InChI=1S/C13H15NO4/c1-14-9-5-2-3-6-10(9)18-11(13(14)17)7-4-8-12(15)16/h2-3,5-6,11H,4,7-8H2,1H3,(H,15,16). The number of likely N-dealkylation sites (N-methyl/N-ethyl adjacent to an activating group) is 1. The van der Waals surface area contributed by atoms with Crippen molar-refractivity contribution in [3.8, 4) is 5.75 Å². The van der Waals surface area contributed by atoms with E-state index in [9.17, 15) is 9.59 Å². The number of carbonyl (C=O) groups excluding carboxylic acids is 1. The summed E-state index contributed by atoms with van der Waals surface area (Å²) in [6.45, 7) is 0. The molecule has 18 heavy (non-hydrogen) atoms. The van der Waals surface area contributed by atoms with E-state index >= 15 is 0 Å². The zero-order valence-electron chi connectivity index (χ0n) is 10.1. The molecule has 0 spiro atoms. The van der Waals surface area contributed by atoms with E-state index < -0.39 is 12.1 Å². The van der Waals surface area contributed by atoms with Crippen LogP contribution in [0.4, 0.5) is 5.69 Å². The fraction of sp³-hybridized carbons (Fsp3) is 0.385. The van der Waals surface area contributed by atoms with Crippen LogP contribution in [-0.4, -0.2) is 30.1 Å². The molecule has 0 aromatic heterocycles. The van der Waals surface area contributed by atoms with Crippen LogP contribution >= 0.6 is 0 Å². The summed E-state index contributed by atoms with van der Waals surface area (Å²) in [6, 6.07) is 7.32. The molecule has 0 saturated heterocycles. The van der Waals surface area contributed by atoms with Gasteiger partial charge < -0.3 is 14.7 Å². The molecule has 2 rings (SSSR count). The zero-order valence-corrected chi connectivity index (χ0v) is 10.1. The van der Waals surface area contributed by atoms with Gasteiger partial charge in [0.2, 0.25) is 0 Å². The van der Waals surface area contributed by atoms with Crippen LogP contribution in [0.2, 0.25) is 0 Å². The lowest BCUT2D eigenvalue weighted by atomic mass is 10.1. The Hall–Kier alpha value is -2.04. The number of nitrogens with zero attached hydrogens (tertiary/aromatic N) is 1. The van der Waals surface area contributed by atoms with Crippen LogP contribution in [0.5, 0.6) is 5.75 Å². The smallest absolute Gasteiger partial charge is 0.303 e. The van der Waals surface area contributed by atoms with Crippen LogP contribution in [0, 0.1) is 0 Å². The number of rotatable bonds is 4. The normalized spacial score (nSPS) is 18.2. The summed E-state index contributed by atoms with van der Waals surface area (Å²) in [5, 5.41) is 8.58. The van der Waals surface area contributed by atoms with Gasteiger partial charge in [-0.1, -0.05) is 12.1 Å². The maximum Gasteiger partial charge on any atom is 0.303 e. The Morgan fingerprint density at radius 1 is 1.44 bits per heavy atom. The van der Waals surface area contributed by atoms with Gasteiger partial charge in [-0.15, -0.1) is 0 Å². The maximum absolute atomic E-state index is 12.0. The highest BCUT2D eigenvalue weighted by atomic mass is 16.5. The van der Waals surface area contributed by atoms with E-state index in [1.54, 1.807) is 11.9 Å². The van der Waals surface area contributed by atoms with E-state index in [4.69, 9.17) is 9.84 Å². The third kappa shape index (κ3) is 2.45. The fourth-order valence-electron chi connectivity index (χ4n) is 1.99. The topological polar surface area (TPSA) is 66.8 Å². The molecule has 1 aromatic rings. The predicted octanol–water partition coefficient (Wildman–Crippen LogP) is 1.67. The molecule has 1 N–H and O–H groups in total. The fourth-order valence-corrected chi connectivity index (χ4v) is 1.99. The molecule has 5 nitrogen and oxygen atoms in total. The summed E-state index contributed by atoms with van der Waals surface area (Å²) < 4.78 is 5.61. The van der Waals surface area contributed by atoms with Crippen LogP contribution in [0.1, 0.15) is 19.3 Å². The molecule has 1 aliphatic rings. The van der Waals surface area contributed by atoms with Gasteiger partial charge in [-0.05, 0) is 25.0 Å². The molecule has 5 heteroatoms. The van der Waals surface area contributed by atoms with Crippen LogP contribution < -0.4 is 9.64 Å². The molecular formula is C13H15NO4. The van der Waals surface area contributed by atoms with Gasteiger partial charge in [0.25, 0.3) is 5.91 Å². The van der Waals surface area contributed by atoms with Gasteiger partial charge in [0.1, 0.15) is 5.75 Å². The number of benzene rings is 1. The molecule has 1 aliphatic heterocycles. The van der Waals surface area contributed by atoms with Gasteiger partial charge in [0.15, 0.2) is 6.10 Å². The number of carboxylic acids is 1. The first-order valence-corrected chi connectivity index (χ1v) is 5.84. The number of aliphatic carboxylic acids is 1. The first-order valence-electron chi connectivity index (χ1n) is 5.84. The minimum Gasteiger partial charge on any atom is -0.481 e. The minimum absolute atomic E-state index is 0.0541. The summed E-state index contributed by atoms with van der Waals surface area (Å²) in [7, 11) is 1.70. The van der Waals surface area contributed by atoms with Crippen molar-refractivity contribution in [1.29, 1.82) is 0 Å². The second-order valence-electron chi connectivity index (χ2n) is 4.26. The number of ether oxygens (including phenoxy) is 1. The molecular weight excluding hydrogens is 234 g/mol. The molecule has 1 unspecified atom stereocenters. The Morgan fingerprint density at radius 3 is 2.89 bits per heavy atom. The molecule has 0 saturated carbocycles. The zero-order chi connectivity index (χ0) is 13.1. The molecule has 1 aromatic carbocycles. The second kappa shape index (κ2) is 5.08. The molecule has 0 radical (unpaired) electrons. The van der Waals surface area contributed by atoms with Crippen molar-refractivity contribution in [1.82, 2.24) is 0 Å². The third-order valence-electron chi connectivity index (χ3n) is 2.96. The quantitative estimate of drug-likeness (QED) is 0.881. The van der Waals surface area contributed by atoms with Crippen LogP contribution in [-0.2, 0) is 9.59 Å². The molecule has 0 fully saturated rings. The number of carbonyl (C=O) groups is 2. The first-order chi connectivity index (χ1) is 8.59. The minimum atomic E-state index is -0.855. The lowest BCUT2D eigenvalue weighted by Crippen LogP contribution is -2.43. The Balaban J connectivity index is 2.07. The lowest BCUT2D eigenvalue weighted by Gasteiger charge is -2.31. The van der Waals surface area contributed by atoms with Crippen LogP contribution in [0.25, 0.3) is 0 Å². The third-order valence-corrected chi connectivity index (χ3v) is 2.96. The molecule has 0 bridgehead atoms. The number of hydrogen-bond donors (Lipinski definition) is 1. The number of para-hydroxylation sites is 2. The second-order valence-corrected chi connectivity index (χ2v) is 4.26. The molecule has 1 heterocycles. The van der Waals surface area contributed by atoms with Gasteiger partial charge in [-0.2, -0.15) is 0 Å². The SMILES string of the molecule is CN1C(=O)C(CCCC(=O)O)Oc2ccccc21. The summed E-state index contributed by atoms with van der Waals surface area (Å²) in [4.78, 5) is 24.0. The lowest BCUT2D eigenvalue weighted by molar-refractivity contribution is -0.137. The number of fused-ring (bicyclic) bond motifs is 1. The van der Waals surface area contributed by atoms with Crippen molar-refractivity contribution < 1.29 is 19.4 Å². The average molecular weight is 249 g/mol. The van der Waals surface area contributed by atoms with E-state index in [1.165, 1.54) is 0 Å². The molecule has 1 atom stereocenters. The van der Waals surface area contributed by atoms with Gasteiger partial charge >= 0.3 is 5.97 Å². The largest absolute Gasteiger partial charge is 0.481 e.